The summed E-state index contributed by atoms with van der Waals surface area (Å²) < 4.78 is 4.78. The highest BCUT2D eigenvalue weighted by Crippen LogP contribution is 2.20. The van der Waals surface area contributed by atoms with Gasteiger partial charge in [-0.25, -0.2) is 0 Å². The van der Waals surface area contributed by atoms with Crippen molar-refractivity contribution in [3.05, 3.63) is 72.1 Å². The van der Waals surface area contributed by atoms with Gasteiger partial charge in [-0.2, -0.15) is 4.98 Å². The van der Waals surface area contributed by atoms with Crippen LogP contribution in [-0.2, 0) is 6.54 Å². The summed E-state index contributed by atoms with van der Waals surface area (Å²) >= 11 is 0. The van der Waals surface area contributed by atoms with Gasteiger partial charge >= 0.3 is 0 Å². The molecule has 28 heavy (non-hydrogen) atoms. The smallest absolute Gasteiger partial charge is 0.253 e. The second-order valence-electron chi connectivity index (χ2n) is 7.26. The van der Waals surface area contributed by atoms with Crippen LogP contribution in [0.4, 0.5) is 0 Å². The normalized spacial score (nSPS) is 17.4. The van der Waals surface area contributed by atoms with E-state index in [1.165, 1.54) is 12.0 Å². The third-order valence-electron chi connectivity index (χ3n) is 5.35. The third-order valence-corrected chi connectivity index (χ3v) is 5.35. The van der Waals surface area contributed by atoms with Crippen molar-refractivity contribution >= 4 is 5.91 Å². The van der Waals surface area contributed by atoms with Gasteiger partial charge in [-0.1, -0.05) is 47.6 Å². The highest BCUT2D eigenvalue weighted by molar-refractivity contribution is 5.94. The Bertz CT molecular complexity index is 894. The number of likely N-dealkylation sites (tertiary alicyclic amines) is 1. The molecule has 1 aliphatic heterocycles. The molecule has 6 heteroatoms. The van der Waals surface area contributed by atoms with Crippen LogP contribution < -0.4 is 0 Å². The number of likely N-dealkylation sites (N-methyl/N-ethyl adjacent to an activating group) is 1. The molecule has 6 nitrogen and oxygen atoms in total. The molecular weight excluding hydrogens is 352 g/mol. The minimum atomic E-state index is 0.0474. The first-order valence-electron chi connectivity index (χ1n) is 9.61. The van der Waals surface area contributed by atoms with E-state index in [0.717, 1.165) is 38.0 Å². The van der Waals surface area contributed by atoms with Gasteiger partial charge in [0.15, 0.2) is 0 Å². The minimum Gasteiger partial charge on any atom is -0.342 e. The van der Waals surface area contributed by atoms with Gasteiger partial charge in [-0.05, 0) is 37.1 Å². The monoisotopic (exact) mass is 376 g/mol. The van der Waals surface area contributed by atoms with Crippen LogP contribution in [0.25, 0.3) is 11.4 Å². The summed E-state index contributed by atoms with van der Waals surface area (Å²) in [5.74, 6) is 0.572. The SMILES string of the molecule is CN(C(=O)c1ccc(-c2ncon2)cc1)[C@H]1CCCN(Cc2ccccc2)C1. The van der Waals surface area contributed by atoms with Gasteiger partial charge in [-0.3, -0.25) is 9.69 Å². The van der Waals surface area contributed by atoms with Gasteiger partial charge in [0.2, 0.25) is 12.2 Å². The molecule has 4 rings (SSSR count). The summed E-state index contributed by atoms with van der Waals surface area (Å²) in [6.07, 6.45) is 3.44. The molecule has 0 spiro atoms. The molecule has 1 aliphatic rings. The van der Waals surface area contributed by atoms with E-state index in [0.29, 0.717) is 11.4 Å². The summed E-state index contributed by atoms with van der Waals surface area (Å²) in [5.41, 5.74) is 2.82. The number of piperidine rings is 1. The molecule has 0 aliphatic carbocycles. The van der Waals surface area contributed by atoms with Crippen molar-refractivity contribution in [2.45, 2.75) is 25.4 Å². The highest BCUT2D eigenvalue weighted by atomic mass is 16.5. The number of hydrogen-bond acceptors (Lipinski definition) is 5. The summed E-state index contributed by atoms with van der Waals surface area (Å²) in [7, 11) is 1.91. The number of nitrogens with zero attached hydrogens (tertiary/aromatic N) is 4. The zero-order chi connectivity index (χ0) is 19.3. The molecular formula is C22H24N4O2. The lowest BCUT2D eigenvalue weighted by Gasteiger charge is -2.37. The number of hydrogen-bond donors (Lipinski definition) is 0. The maximum Gasteiger partial charge on any atom is 0.253 e. The molecule has 0 bridgehead atoms. The number of rotatable bonds is 5. The molecule has 1 aromatic heterocycles. The van der Waals surface area contributed by atoms with E-state index in [-0.39, 0.29) is 11.9 Å². The minimum absolute atomic E-state index is 0.0474. The van der Waals surface area contributed by atoms with Crippen LogP contribution in [0.5, 0.6) is 0 Å². The molecule has 1 fully saturated rings. The van der Waals surface area contributed by atoms with Gasteiger partial charge in [0.25, 0.3) is 5.91 Å². The lowest BCUT2D eigenvalue weighted by atomic mass is 10.0. The fraction of sp³-hybridized carbons (Fsp3) is 0.318. The second kappa shape index (κ2) is 8.35. The van der Waals surface area contributed by atoms with Crippen molar-refractivity contribution in [3.63, 3.8) is 0 Å². The van der Waals surface area contributed by atoms with Crippen LogP contribution in [0.1, 0.15) is 28.8 Å². The van der Waals surface area contributed by atoms with Crippen LogP contribution in [0.15, 0.2) is 65.5 Å². The predicted octanol–water partition coefficient (Wildman–Crippen LogP) is 3.47. The lowest BCUT2D eigenvalue weighted by Crippen LogP contribution is -2.48. The van der Waals surface area contributed by atoms with Gasteiger partial charge in [0.1, 0.15) is 0 Å². The van der Waals surface area contributed by atoms with Crippen molar-refractivity contribution in [1.29, 1.82) is 0 Å². The van der Waals surface area contributed by atoms with E-state index in [1.54, 1.807) is 0 Å². The summed E-state index contributed by atoms with van der Waals surface area (Å²) in [6.45, 7) is 2.91. The van der Waals surface area contributed by atoms with Gasteiger partial charge in [0.05, 0.1) is 0 Å². The van der Waals surface area contributed by atoms with Crippen LogP contribution >= 0.6 is 0 Å². The Kier molecular flexibility index (Phi) is 5.48. The average molecular weight is 376 g/mol. The Morgan fingerprint density at radius 1 is 1.18 bits per heavy atom. The Labute approximate surface area is 164 Å². The quantitative estimate of drug-likeness (QED) is 0.682. The van der Waals surface area contributed by atoms with E-state index >= 15 is 0 Å². The molecule has 144 valence electrons. The summed E-state index contributed by atoms with van der Waals surface area (Å²) in [6, 6.07) is 18.1. The van der Waals surface area contributed by atoms with E-state index in [2.05, 4.69) is 39.3 Å². The topological polar surface area (TPSA) is 62.5 Å². The Morgan fingerprint density at radius 2 is 1.96 bits per heavy atom. The van der Waals surface area contributed by atoms with E-state index in [4.69, 9.17) is 4.52 Å². The molecule has 0 unspecified atom stereocenters. The fourth-order valence-electron chi connectivity index (χ4n) is 3.76. The largest absolute Gasteiger partial charge is 0.342 e. The van der Waals surface area contributed by atoms with E-state index < -0.39 is 0 Å². The van der Waals surface area contributed by atoms with Crippen LogP contribution in [0.3, 0.4) is 0 Å². The molecule has 1 saturated heterocycles. The molecule has 2 aromatic carbocycles. The number of aromatic nitrogens is 2. The van der Waals surface area contributed by atoms with Crippen LogP contribution in [0, 0.1) is 0 Å². The summed E-state index contributed by atoms with van der Waals surface area (Å²) in [4.78, 5) is 21.3. The van der Waals surface area contributed by atoms with Crippen molar-refractivity contribution in [2.24, 2.45) is 0 Å². The number of benzene rings is 2. The Balaban J connectivity index is 1.40. The number of amides is 1. The Hall–Kier alpha value is -2.99. The van der Waals surface area contributed by atoms with Crippen molar-refractivity contribution in [2.75, 3.05) is 20.1 Å². The van der Waals surface area contributed by atoms with Gasteiger partial charge < -0.3 is 9.42 Å². The van der Waals surface area contributed by atoms with Gasteiger partial charge in [0, 0.05) is 37.3 Å². The van der Waals surface area contributed by atoms with Crippen LogP contribution in [0.2, 0.25) is 0 Å². The Morgan fingerprint density at radius 3 is 2.68 bits per heavy atom. The summed E-state index contributed by atoms with van der Waals surface area (Å²) in [5, 5.41) is 3.83. The highest BCUT2D eigenvalue weighted by Gasteiger charge is 2.26. The van der Waals surface area contributed by atoms with Crippen molar-refractivity contribution < 1.29 is 9.32 Å². The van der Waals surface area contributed by atoms with E-state index in [1.807, 2.05) is 42.3 Å². The molecule has 0 N–H and O–H groups in total. The molecule has 1 amide bonds. The van der Waals surface area contributed by atoms with Crippen LogP contribution in [-0.4, -0.2) is 52.0 Å². The molecule has 2 heterocycles. The molecule has 0 radical (unpaired) electrons. The van der Waals surface area contributed by atoms with Crippen molar-refractivity contribution in [1.82, 2.24) is 19.9 Å². The lowest BCUT2D eigenvalue weighted by molar-refractivity contribution is 0.0609. The number of carbonyl (C=O) groups is 1. The zero-order valence-electron chi connectivity index (χ0n) is 16.0. The number of carbonyl (C=O) groups excluding carboxylic acids is 1. The molecule has 1 atom stereocenters. The fourth-order valence-corrected chi connectivity index (χ4v) is 3.76. The third kappa shape index (κ3) is 4.12. The first kappa shape index (κ1) is 18.4. The first-order chi connectivity index (χ1) is 13.7. The first-order valence-corrected chi connectivity index (χ1v) is 9.61. The van der Waals surface area contributed by atoms with E-state index in [9.17, 15) is 4.79 Å². The maximum atomic E-state index is 13.0. The van der Waals surface area contributed by atoms with Gasteiger partial charge in [-0.15, -0.1) is 0 Å². The average Bonchev–Trinajstić information content (AvgIpc) is 3.29. The standard InChI is InChI=1S/C22H24N4O2/c1-25(20-8-5-13-26(15-20)14-17-6-3-2-4-7-17)22(27)19-11-9-18(10-12-19)21-23-16-28-24-21/h2-4,6-7,9-12,16,20H,5,8,13-15H2,1H3/t20-/m0/s1. The molecule has 3 aromatic rings. The van der Waals surface area contributed by atoms with Crippen molar-refractivity contribution in [3.8, 4) is 11.4 Å². The maximum absolute atomic E-state index is 13.0. The molecule has 0 saturated carbocycles. The predicted molar refractivity (Wildman–Crippen MR) is 107 cm³/mol. The second-order valence-corrected chi connectivity index (χ2v) is 7.26. The zero-order valence-corrected chi connectivity index (χ0v) is 16.0.